The number of piperazine rings is 1. The van der Waals surface area contributed by atoms with Crippen LogP contribution >= 0.6 is 23.7 Å². The number of hydrogen-bond acceptors (Lipinski definition) is 6. The number of fused-ring (bicyclic) bond motifs is 1. The molecule has 0 unspecified atom stereocenters. The van der Waals surface area contributed by atoms with Gasteiger partial charge in [0.2, 0.25) is 5.91 Å². The summed E-state index contributed by atoms with van der Waals surface area (Å²) in [5, 5.41) is 3.92. The Morgan fingerprint density at radius 1 is 1.32 bits per heavy atom. The van der Waals surface area contributed by atoms with E-state index in [0.717, 1.165) is 41.5 Å². The molecule has 2 aromatic heterocycles. The fraction of sp³-hybridized carbons (Fsp3) is 0.562. The van der Waals surface area contributed by atoms with E-state index in [1.54, 1.807) is 0 Å². The molecule has 1 aliphatic rings. The molecule has 0 radical (unpaired) electrons. The monoisotopic (exact) mass is 385 g/mol. The molecule has 1 aliphatic heterocycles. The lowest BCUT2D eigenvalue weighted by atomic mass is 10.2. The summed E-state index contributed by atoms with van der Waals surface area (Å²) >= 11 is 1.54. The van der Waals surface area contributed by atoms with E-state index in [1.165, 1.54) is 11.3 Å². The number of hydrogen-bond donors (Lipinski definition) is 2. The molecule has 0 aromatic carbocycles. The molecular weight excluding hydrogens is 362 g/mol. The van der Waals surface area contributed by atoms with Gasteiger partial charge in [-0.2, -0.15) is 0 Å². The lowest BCUT2D eigenvalue weighted by molar-refractivity contribution is -0.132. The van der Waals surface area contributed by atoms with Gasteiger partial charge in [0.1, 0.15) is 10.7 Å². The Balaban J connectivity index is 0.00000225. The van der Waals surface area contributed by atoms with Crippen molar-refractivity contribution in [1.29, 1.82) is 0 Å². The number of amides is 1. The van der Waals surface area contributed by atoms with E-state index in [1.807, 2.05) is 30.7 Å². The molecule has 0 bridgehead atoms. The maximum Gasteiger partial charge on any atom is 0.259 e. The molecule has 2 aromatic rings. The Labute approximate surface area is 156 Å². The van der Waals surface area contributed by atoms with Crippen LogP contribution in [0.25, 0.3) is 10.2 Å². The number of thiophene rings is 1. The summed E-state index contributed by atoms with van der Waals surface area (Å²) in [4.78, 5) is 37.6. The van der Waals surface area contributed by atoms with Gasteiger partial charge in [-0.05, 0) is 26.5 Å². The number of aryl methyl sites for hydroxylation is 2. The number of aromatic amines is 1. The minimum Gasteiger partial charge on any atom is -0.339 e. The molecule has 25 heavy (non-hydrogen) atoms. The smallest absolute Gasteiger partial charge is 0.259 e. The van der Waals surface area contributed by atoms with Gasteiger partial charge >= 0.3 is 0 Å². The molecule has 0 saturated carbocycles. The van der Waals surface area contributed by atoms with Crippen molar-refractivity contribution >= 4 is 39.9 Å². The van der Waals surface area contributed by atoms with Crippen molar-refractivity contribution in [2.24, 2.45) is 0 Å². The summed E-state index contributed by atoms with van der Waals surface area (Å²) in [6.45, 7) is 7.91. The van der Waals surface area contributed by atoms with E-state index < -0.39 is 0 Å². The van der Waals surface area contributed by atoms with Crippen molar-refractivity contribution < 1.29 is 4.79 Å². The first kappa shape index (κ1) is 19.8. The maximum absolute atomic E-state index is 12.3. The second-order valence-electron chi connectivity index (χ2n) is 6.28. The molecule has 0 atom stereocenters. The van der Waals surface area contributed by atoms with Crippen LogP contribution in [0.5, 0.6) is 0 Å². The molecule has 1 amide bonds. The van der Waals surface area contributed by atoms with Crippen molar-refractivity contribution in [3.05, 3.63) is 26.6 Å². The topological polar surface area (TPSA) is 81.3 Å². The van der Waals surface area contributed by atoms with Crippen LogP contribution in [-0.4, -0.2) is 65.4 Å². The fourth-order valence-electron chi connectivity index (χ4n) is 2.93. The van der Waals surface area contributed by atoms with Gasteiger partial charge in [-0.1, -0.05) is 0 Å². The summed E-state index contributed by atoms with van der Waals surface area (Å²) in [6.07, 6.45) is 0. The quantitative estimate of drug-likeness (QED) is 0.816. The lowest BCUT2D eigenvalue weighted by Gasteiger charge is -2.29. The third-order valence-electron chi connectivity index (χ3n) is 4.38. The predicted molar refractivity (Wildman–Crippen MR) is 103 cm³/mol. The maximum atomic E-state index is 12.3. The average Bonchev–Trinajstić information content (AvgIpc) is 2.82. The van der Waals surface area contributed by atoms with E-state index in [4.69, 9.17) is 0 Å². The third-order valence-corrected chi connectivity index (χ3v) is 5.48. The summed E-state index contributed by atoms with van der Waals surface area (Å²) in [6, 6.07) is 0. The van der Waals surface area contributed by atoms with Crippen molar-refractivity contribution in [2.75, 3.05) is 39.8 Å². The minimum atomic E-state index is -0.0984. The molecular formula is C16H24ClN5O2S. The highest BCUT2D eigenvalue weighted by Crippen LogP contribution is 2.25. The lowest BCUT2D eigenvalue weighted by Crippen LogP contribution is -2.49. The number of likely N-dealkylation sites (N-methyl/N-ethyl adjacent to an activating group) is 1. The summed E-state index contributed by atoms with van der Waals surface area (Å²) in [5.41, 5.74) is 0.899. The molecule has 1 fully saturated rings. The first-order chi connectivity index (χ1) is 11.5. The summed E-state index contributed by atoms with van der Waals surface area (Å²) < 4.78 is 0. The van der Waals surface area contributed by atoms with Crippen LogP contribution in [0.3, 0.4) is 0 Å². The van der Waals surface area contributed by atoms with Crippen molar-refractivity contribution in [1.82, 2.24) is 25.1 Å². The van der Waals surface area contributed by atoms with Crippen LogP contribution in [-0.2, 0) is 11.3 Å². The molecule has 2 N–H and O–H groups in total. The van der Waals surface area contributed by atoms with Gasteiger partial charge in [0.15, 0.2) is 0 Å². The first-order valence-corrected chi connectivity index (χ1v) is 8.93. The van der Waals surface area contributed by atoms with Crippen LogP contribution < -0.4 is 10.9 Å². The number of carbonyl (C=O) groups is 1. The van der Waals surface area contributed by atoms with Gasteiger partial charge < -0.3 is 15.2 Å². The Morgan fingerprint density at radius 2 is 2.00 bits per heavy atom. The zero-order valence-electron chi connectivity index (χ0n) is 14.7. The Bertz CT molecular complexity index is 813. The number of halogens is 1. The number of carbonyl (C=O) groups excluding carboxylic acids is 1. The largest absolute Gasteiger partial charge is 0.339 e. The Kier molecular flexibility index (Phi) is 6.56. The van der Waals surface area contributed by atoms with Gasteiger partial charge in [-0.3, -0.25) is 14.5 Å². The first-order valence-electron chi connectivity index (χ1n) is 8.11. The normalized spacial score (nSPS) is 14.8. The van der Waals surface area contributed by atoms with Gasteiger partial charge in [-0.25, -0.2) is 4.98 Å². The van der Waals surface area contributed by atoms with E-state index in [-0.39, 0.29) is 23.9 Å². The third kappa shape index (κ3) is 4.38. The van der Waals surface area contributed by atoms with Crippen LogP contribution in [0.4, 0.5) is 0 Å². The van der Waals surface area contributed by atoms with Crippen LogP contribution in [0, 0.1) is 13.8 Å². The second kappa shape index (κ2) is 8.27. The molecule has 0 spiro atoms. The second-order valence-corrected chi connectivity index (χ2v) is 7.48. The molecule has 9 heteroatoms. The van der Waals surface area contributed by atoms with E-state index >= 15 is 0 Å². The molecule has 1 saturated heterocycles. The SMILES string of the molecule is Cc1sc2nc(CN(C)CC(=O)N3CCNCC3)[nH]c(=O)c2c1C.Cl. The van der Waals surface area contributed by atoms with Crippen LogP contribution in [0.1, 0.15) is 16.3 Å². The number of nitrogens with one attached hydrogen (secondary N) is 2. The zero-order valence-corrected chi connectivity index (χ0v) is 16.4. The highest BCUT2D eigenvalue weighted by atomic mass is 35.5. The summed E-state index contributed by atoms with van der Waals surface area (Å²) in [5.74, 6) is 0.717. The van der Waals surface area contributed by atoms with E-state index in [9.17, 15) is 9.59 Å². The number of H-pyrrole nitrogens is 1. The fourth-order valence-corrected chi connectivity index (χ4v) is 3.98. The van der Waals surface area contributed by atoms with Gasteiger partial charge in [0, 0.05) is 31.1 Å². The molecule has 7 nitrogen and oxygen atoms in total. The highest BCUT2D eigenvalue weighted by molar-refractivity contribution is 7.18. The molecule has 3 heterocycles. The van der Waals surface area contributed by atoms with E-state index in [2.05, 4.69) is 15.3 Å². The van der Waals surface area contributed by atoms with E-state index in [0.29, 0.717) is 24.3 Å². The van der Waals surface area contributed by atoms with Crippen molar-refractivity contribution in [3.63, 3.8) is 0 Å². The Hall–Kier alpha value is -1.48. The average molecular weight is 386 g/mol. The minimum absolute atomic E-state index is 0. The van der Waals surface area contributed by atoms with Gasteiger partial charge in [-0.15, -0.1) is 23.7 Å². The zero-order chi connectivity index (χ0) is 17.3. The number of aromatic nitrogens is 2. The summed E-state index contributed by atoms with van der Waals surface area (Å²) in [7, 11) is 1.87. The molecule has 3 rings (SSSR count). The van der Waals surface area contributed by atoms with Gasteiger partial charge in [0.25, 0.3) is 5.56 Å². The highest BCUT2D eigenvalue weighted by Gasteiger charge is 2.18. The standard InChI is InChI=1S/C16H23N5O2S.ClH/c1-10-11(2)24-16-14(10)15(23)18-12(19-16)8-20(3)9-13(22)21-6-4-17-5-7-21;/h17H,4-9H2,1-3H3,(H,18,19,23);1H. The van der Waals surface area contributed by atoms with Crippen molar-refractivity contribution in [2.45, 2.75) is 20.4 Å². The van der Waals surface area contributed by atoms with Crippen LogP contribution in [0.15, 0.2) is 4.79 Å². The van der Waals surface area contributed by atoms with Crippen LogP contribution in [0.2, 0.25) is 0 Å². The predicted octanol–water partition coefficient (Wildman–Crippen LogP) is 0.887. The molecule has 138 valence electrons. The number of nitrogens with zero attached hydrogens (tertiary/aromatic N) is 3. The van der Waals surface area contributed by atoms with Gasteiger partial charge in [0.05, 0.1) is 18.5 Å². The Morgan fingerprint density at radius 3 is 2.68 bits per heavy atom. The number of rotatable bonds is 4. The molecule has 0 aliphatic carbocycles. The van der Waals surface area contributed by atoms with Crippen molar-refractivity contribution in [3.8, 4) is 0 Å².